The molecule has 1 heterocycles. The van der Waals surface area contributed by atoms with Crippen LogP contribution >= 0.6 is 11.6 Å². The molecule has 0 aliphatic heterocycles. The van der Waals surface area contributed by atoms with E-state index in [1.807, 2.05) is 7.05 Å². The van der Waals surface area contributed by atoms with Gasteiger partial charge in [-0.15, -0.1) is 0 Å². The monoisotopic (exact) mass is 208 g/mol. The molecule has 0 spiro atoms. The summed E-state index contributed by atoms with van der Waals surface area (Å²) in [5.74, 6) is 0.0117. The van der Waals surface area contributed by atoms with Gasteiger partial charge in [0.15, 0.2) is 5.78 Å². The van der Waals surface area contributed by atoms with Crippen LogP contribution in [0, 0.1) is 0 Å². The standard InChI is InChI=1S/C10H9ClN2O/c1-6(14)7-3-8-5-12-13(2)10(8)9(11)4-7/h3-5H,1-2H3. The maximum atomic E-state index is 11.2. The van der Waals surface area contributed by atoms with Gasteiger partial charge in [-0.25, -0.2) is 0 Å². The molecule has 2 rings (SSSR count). The average molecular weight is 209 g/mol. The zero-order chi connectivity index (χ0) is 10.3. The zero-order valence-corrected chi connectivity index (χ0v) is 8.67. The van der Waals surface area contributed by atoms with Gasteiger partial charge in [0.25, 0.3) is 0 Å². The lowest BCUT2D eigenvalue weighted by Crippen LogP contribution is -1.94. The van der Waals surface area contributed by atoms with Crippen LogP contribution < -0.4 is 0 Å². The van der Waals surface area contributed by atoms with Crippen LogP contribution in [0.25, 0.3) is 10.9 Å². The van der Waals surface area contributed by atoms with Gasteiger partial charge in [-0.3, -0.25) is 9.48 Å². The summed E-state index contributed by atoms with van der Waals surface area (Å²) < 4.78 is 1.70. The van der Waals surface area contributed by atoms with Gasteiger partial charge in [-0.05, 0) is 19.1 Å². The van der Waals surface area contributed by atoms with Crippen LogP contribution in [-0.2, 0) is 7.05 Å². The van der Waals surface area contributed by atoms with Crippen molar-refractivity contribution in [3.63, 3.8) is 0 Å². The normalized spacial score (nSPS) is 10.8. The number of benzene rings is 1. The highest BCUT2D eigenvalue weighted by molar-refractivity contribution is 6.35. The van der Waals surface area contributed by atoms with Crippen molar-refractivity contribution in [1.29, 1.82) is 0 Å². The fourth-order valence-electron chi connectivity index (χ4n) is 1.47. The van der Waals surface area contributed by atoms with Crippen LogP contribution in [-0.4, -0.2) is 15.6 Å². The van der Waals surface area contributed by atoms with E-state index in [2.05, 4.69) is 5.10 Å². The lowest BCUT2D eigenvalue weighted by Gasteiger charge is -2.00. The first-order valence-electron chi connectivity index (χ1n) is 4.22. The molecule has 0 saturated heterocycles. The SMILES string of the molecule is CC(=O)c1cc(Cl)c2c(cnn2C)c1. The van der Waals surface area contributed by atoms with Gasteiger partial charge >= 0.3 is 0 Å². The van der Waals surface area contributed by atoms with E-state index in [0.29, 0.717) is 10.6 Å². The molecule has 0 N–H and O–H groups in total. The van der Waals surface area contributed by atoms with E-state index in [-0.39, 0.29) is 5.78 Å². The molecule has 0 aliphatic rings. The molecule has 14 heavy (non-hydrogen) atoms. The van der Waals surface area contributed by atoms with E-state index in [4.69, 9.17) is 11.6 Å². The number of carbonyl (C=O) groups is 1. The van der Waals surface area contributed by atoms with E-state index >= 15 is 0 Å². The van der Waals surface area contributed by atoms with E-state index in [1.54, 1.807) is 23.0 Å². The Kier molecular flexibility index (Phi) is 2.04. The Morgan fingerprint density at radius 2 is 2.21 bits per heavy atom. The Morgan fingerprint density at radius 3 is 2.86 bits per heavy atom. The molecule has 72 valence electrons. The number of hydrogen-bond donors (Lipinski definition) is 0. The second-order valence-electron chi connectivity index (χ2n) is 3.22. The molecule has 1 aromatic heterocycles. The highest BCUT2D eigenvalue weighted by Crippen LogP contribution is 2.24. The summed E-state index contributed by atoms with van der Waals surface area (Å²) in [6.07, 6.45) is 1.70. The van der Waals surface area contributed by atoms with E-state index in [0.717, 1.165) is 10.9 Å². The van der Waals surface area contributed by atoms with Crippen molar-refractivity contribution >= 4 is 28.3 Å². The predicted molar refractivity (Wildman–Crippen MR) is 55.7 cm³/mol. The van der Waals surface area contributed by atoms with Gasteiger partial charge < -0.3 is 0 Å². The first kappa shape index (κ1) is 9.21. The van der Waals surface area contributed by atoms with Gasteiger partial charge in [0.2, 0.25) is 0 Å². The first-order chi connectivity index (χ1) is 6.59. The summed E-state index contributed by atoms with van der Waals surface area (Å²) in [4.78, 5) is 11.2. The van der Waals surface area contributed by atoms with Gasteiger partial charge in [0.05, 0.1) is 16.7 Å². The molecule has 4 heteroatoms. The molecule has 0 aliphatic carbocycles. The number of hydrogen-bond acceptors (Lipinski definition) is 2. The van der Waals surface area contributed by atoms with Crippen molar-refractivity contribution in [3.05, 3.63) is 28.9 Å². The molecule has 1 aromatic carbocycles. The van der Waals surface area contributed by atoms with Gasteiger partial charge in [-0.2, -0.15) is 5.10 Å². The third-order valence-electron chi connectivity index (χ3n) is 2.19. The van der Waals surface area contributed by atoms with Crippen molar-refractivity contribution in [2.45, 2.75) is 6.92 Å². The predicted octanol–water partition coefficient (Wildman–Crippen LogP) is 2.43. The minimum atomic E-state index is 0.0117. The number of aryl methyl sites for hydroxylation is 1. The van der Waals surface area contributed by atoms with Crippen LogP contribution in [0.4, 0.5) is 0 Å². The number of Topliss-reactive ketones (excluding diaryl/α,β-unsaturated/α-hetero) is 1. The number of fused-ring (bicyclic) bond motifs is 1. The van der Waals surface area contributed by atoms with Crippen molar-refractivity contribution < 1.29 is 4.79 Å². The number of rotatable bonds is 1. The van der Waals surface area contributed by atoms with Crippen LogP contribution in [0.2, 0.25) is 5.02 Å². The smallest absolute Gasteiger partial charge is 0.159 e. The van der Waals surface area contributed by atoms with Crippen molar-refractivity contribution in [2.75, 3.05) is 0 Å². The molecule has 0 atom stereocenters. The van der Waals surface area contributed by atoms with E-state index in [1.165, 1.54) is 6.92 Å². The third-order valence-corrected chi connectivity index (χ3v) is 2.48. The molecule has 0 fully saturated rings. The Hall–Kier alpha value is -1.35. The summed E-state index contributed by atoms with van der Waals surface area (Å²) in [7, 11) is 1.82. The van der Waals surface area contributed by atoms with Crippen LogP contribution in [0.3, 0.4) is 0 Å². The molecular weight excluding hydrogens is 200 g/mol. The number of ketones is 1. The van der Waals surface area contributed by atoms with Crippen molar-refractivity contribution in [3.8, 4) is 0 Å². The summed E-state index contributed by atoms with van der Waals surface area (Å²) in [6.45, 7) is 1.52. The topological polar surface area (TPSA) is 34.9 Å². The summed E-state index contributed by atoms with van der Waals surface area (Å²) in [6, 6.07) is 3.48. The van der Waals surface area contributed by atoms with Gasteiger partial charge in [0.1, 0.15) is 0 Å². The Balaban J connectivity index is 2.80. The fourth-order valence-corrected chi connectivity index (χ4v) is 1.82. The molecular formula is C10H9ClN2O. The number of aromatic nitrogens is 2. The fraction of sp³-hybridized carbons (Fsp3) is 0.200. The highest BCUT2D eigenvalue weighted by atomic mass is 35.5. The van der Waals surface area contributed by atoms with Crippen LogP contribution in [0.5, 0.6) is 0 Å². The van der Waals surface area contributed by atoms with E-state index in [9.17, 15) is 4.79 Å². The molecule has 0 amide bonds. The molecule has 3 nitrogen and oxygen atoms in total. The quantitative estimate of drug-likeness (QED) is 0.675. The Labute approximate surface area is 86.3 Å². The molecule has 0 bridgehead atoms. The maximum Gasteiger partial charge on any atom is 0.159 e. The van der Waals surface area contributed by atoms with Crippen molar-refractivity contribution in [1.82, 2.24) is 9.78 Å². The van der Waals surface area contributed by atoms with Gasteiger partial charge in [-0.1, -0.05) is 11.6 Å². The van der Waals surface area contributed by atoms with Gasteiger partial charge in [0, 0.05) is 18.0 Å². The average Bonchev–Trinajstić information content (AvgIpc) is 2.48. The van der Waals surface area contributed by atoms with Crippen LogP contribution in [0.1, 0.15) is 17.3 Å². The third kappa shape index (κ3) is 1.30. The minimum Gasteiger partial charge on any atom is -0.295 e. The second-order valence-corrected chi connectivity index (χ2v) is 3.63. The van der Waals surface area contributed by atoms with Crippen LogP contribution in [0.15, 0.2) is 18.3 Å². The lowest BCUT2D eigenvalue weighted by atomic mass is 10.1. The Morgan fingerprint density at radius 1 is 1.50 bits per heavy atom. The molecule has 0 saturated carbocycles. The largest absolute Gasteiger partial charge is 0.295 e. The van der Waals surface area contributed by atoms with E-state index < -0.39 is 0 Å². The molecule has 0 unspecified atom stereocenters. The number of nitrogens with zero attached hydrogens (tertiary/aromatic N) is 2. The zero-order valence-electron chi connectivity index (χ0n) is 7.91. The summed E-state index contributed by atoms with van der Waals surface area (Å²) in [5.41, 5.74) is 1.48. The van der Waals surface area contributed by atoms with Crippen molar-refractivity contribution in [2.24, 2.45) is 7.05 Å². The summed E-state index contributed by atoms with van der Waals surface area (Å²) >= 11 is 6.04. The molecule has 2 aromatic rings. The maximum absolute atomic E-state index is 11.2. The summed E-state index contributed by atoms with van der Waals surface area (Å²) in [5, 5.41) is 5.53. The highest BCUT2D eigenvalue weighted by Gasteiger charge is 2.08. The number of carbonyl (C=O) groups excluding carboxylic acids is 1. The first-order valence-corrected chi connectivity index (χ1v) is 4.59. The second kappa shape index (κ2) is 3.10. The minimum absolute atomic E-state index is 0.0117. The number of halogens is 1. The molecule has 0 radical (unpaired) electrons. The lowest BCUT2D eigenvalue weighted by molar-refractivity contribution is 0.101. The Bertz CT molecular complexity index is 516.